The molecule has 0 bridgehead atoms. The second-order valence-electron chi connectivity index (χ2n) is 6.39. The average Bonchev–Trinajstić information content (AvgIpc) is 3.08. The van der Waals surface area contributed by atoms with Gasteiger partial charge in [-0.3, -0.25) is 14.2 Å². The van der Waals surface area contributed by atoms with Crippen molar-refractivity contribution in [2.24, 2.45) is 0 Å². The molecule has 0 saturated carbocycles. The van der Waals surface area contributed by atoms with E-state index in [1.165, 1.54) is 16.5 Å². The lowest BCUT2D eigenvalue weighted by Crippen LogP contribution is -2.33. The van der Waals surface area contributed by atoms with E-state index in [1.54, 1.807) is 6.07 Å². The minimum Gasteiger partial charge on any atom is -0.448 e. The highest BCUT2D eigenvalue weighted by molar-refractivity contribution is 6.01. The molecule has 0 spiro atoms. The lowest BCUT2D eigenvalue weighted by atomic mass is 10.1. The van der Waals surface area contributed by atoms with Crippen LogP contribution < -0.4 is 10.9 Å². The summed E-state index contributed by atoms with van der Waals surface area (Å²) in [6, 6.07) is 17.5. The highest BCUT2D eigenvalue weighted by Gasteiger charge is 2.14. The highest BCUT2D eigenvalue weighted by atomic mass is 16.3. The zero-order chi connectivity index (χ0) is 18.6. The van der Waals surface area contributed by atoms with Gasteiger partial charge in [-0.15, -0.1) is 0 Å². The van der Waals surface area contributed by atoms with Crippen molar-refractivity contribution >= 4 is 28.0 Å². The topological polar surface area (TPSA) is 77.1 Å². The van der Waals surface area contributed by atoms with Crippen molar-refractivity contribution < 1.29 is 9.21 Å². The number of aromatic nitrogens is 2. The summed E-state index contributed by atoms with van der Waals surface area (Å²) in [7, 11) is 0. The van der Waals surface area contributed by atoms with Gasteiger partial charge in [-0.1, -0.05) is 42.5 Å². The fraction of sp³-hybridized carbons (Fsp3) is 0.190. The van der Waals surface area contributed by atoms with Gasteiger partial charge < -0.3 is 9.73 Å². The maximum atomic E-state index is 12.6. The molecule has 27 heavy (non-hydrogen) atoms. The number of nitrogens with one attached hydrogen (secondary N) is 1. The number of furan rings is 1. The maximum Gasteiger partial charge on any atom is 0.297 e. The first kappa shape index (κ1) is 17.0. The lowest BCUT2D eigenvalue weighted by molar-refractivity contribution is -0.121. The van der Waals surface area contributed by atoms with Crippen LogP contribution in [0.2, 0.25) is 0 Å². The molecule has 1 N–H and O–H groups in total. The van der Waals surface area contributed by atoms with E-state index in [9.17, 15) is 9.59 Å². The van der Waals surface area contributed by atoms with Gasteiger partial charge in [-0.25, -0.2) is 4.98 Å². The molecule has 0 aliphatic heterocycles. The number of hydrogen-bond acceptors (Lipinski definition) is 4. The third-order valence-electron chi connectivity index (χ3n) is 4.47. The third-order valence-corrected chi connectivity index (χ3v) is 4.47. The number of carbonyl (C=O) groups excluding carboxylic acids is 1. The van der Waals surface area contributed by atoms with Crippen LogP contribution in [0.25, 0.3) is 22.1 Å². The number of rotatable bonds is 6. The van der Waals surface area contributed by atoms with Crippen LogP contribution in [-0.2, 0) is 17.8 Å². The van der Waals surface area contributed by atoms with Crippen LogP contribution in [0.1, 0.15) is 12.0 Å². The number of fused-ring (bicyclic) bond motifs is 3. The Balaban J connectivity index is 1.40. The molecule has 0 aliphatic rings. The van der Waals surface area contributed by atoms with Crippen molar-refractivity contribution in [1.29, 1.82) is 0 Å². The summed E-state index contributed by atoms with van der Waals surface area (Å²) in [5.74, 6) is -0.220. The predicted molar refractivity (Wildman–Crippen MR) is 104 cm³/mol. The largest absolute Gasteiger partial charge is 0.448 e. The molecule has 0 atom stereocenters. The summed E-state index contributed by atoms with van der Waals surface area (Å²) in [5, 5.41) is 3.64. The van der Waals surface area contributed by atoms with Crippen molar-refractivity contribution in [3.63, 3.8) is 0 Å². The Morgan fingerprint density at radius 3 is 2.70 bits per heavy atom. The summed E-state index contributed by atoms with van der Waals surface area (Å²) >= 11 is 0. The molecule has 0 radical (unpaired) electrons. The summed E-state index contributed by atoms with van der Waals surface area (Å²) < 4.78 is 6.90. The Morgan fingerprint density at radius 2 is 1.85 bits per heavy atom. The first-order chi connectivity index (χ1) is 13.2. The number of aryl methyl sites for hydroxylation is 1. The summed E-state index contributed by atoms with van der Waals surface area (Å²) in [6.07, 6.45) is 3.13. The lowest BCUT2D eigenvalue weighted by Gasteiger charge is -2.07. The Bertz CT molecular complexity index is 1150. The molecule has 0 unspecified atom stereocenters. The number of carbonyl (C=O) groups is 1. The van der Waals surface area contributed by atoms with Crippen LogP contribution >= 0.6 is 0 Å². The number of para-hydroxylation sites is 1. The molecule has 4 rings (SSSR count). The van der Waals surface area contributed by atoms with E-state index in [2.05, 4.69) is 22.4 Å². The first-order valence-corrected chi connectivity index (χ1v) is 8.90. The number of nitrogens with zero attached hydrogens (tertiary/aromatic N) is 2. The third kappa shape index (κ3) is 3.60. The average molecular weight is 361 g/mol. The van der Waals surface area contributed by atoms with Gasteiger partial charge >= 0.3 is 0 Å². The van der Waals surface area contributed by atoms with Gasteiger partial charge in [0.2, 0.25) is 11.5 Å². The molecule has 0 saturated heterocycles. The van der Waals surface area contributed by atoms with Crippen LogP contribution in [0, 0.1) is 0 Å². The van der Waals surface area contributed by atoms with Crippen LogP contribution in [0.3, 0.4) is 0 Å². The minimum atomic E-state index is -0.351. The van der Waals surface area contributed by atoms with E-state index in [-0.39, 0.29) is 23.6 Å². The molecule has 6 nitrogen and oxygen atoms in total. The van der Waals surface area contributed by atoms with Crippen LogP contribution in [0.15, 0.2) is 70.1 Å². The molecule has 6 heteroatoms. The molecule has 2 heterocycles. The first-order valence-electron chi connectivity index (χ1n) is 8.90. The van der Waals surface area contributed by atoms with E-state index >= 15 is 0 Å². The van der Waals surface area contributed by atoms with Crippen molar-refractivity contribution in [3.05, 3.63) is 76.8 Å². The van der Waals surface area contributed by atoms with E-state index in [0.29, 0.717) is 17.6 Å². The molecule has 1 amide bonds. The Hall–Kier alpha value is -3.41. The van der Waals surface area contributed by atoms with Crippen molar-refractivity contribution in [3.8, 4) is 0 Å². The van der Waals surface area contributed by atoms with Gasteiger partial charge in [0.05, 0.1) is 6.33 Å². The van der Waals surface area contributed by atoms with Gasteiger partial charge in [0.1, 0.15) is 17.6 Å². The fourth-order valence-corrected chi connectivity index (χ4v) is 3.10. The van der Waals surface area contributed by atoms with Crippen molar-refractivity contribution in [2.75, 3.05) is 6.54 Å². The smallest absolute Gasteiger partial charge is 0.297 e. The van der Waals surface area contributed by atoms with Gasteiger partial charge in [-0.05, 0) is 30.5 Å². The standard InChI is InChI=1S/C21H19N3O3/c25-18(22-12-6-9-15-7-2-1-3-8-15)13-24-14-23-19-16-10-4-5-11-17(16)27-20(19)21(24)26/h1-5,7-8,10-11,14H,6,9,12-13H2,(H,22,25). The number of benzene rings is 2. The van der Waals surface area contributed by atoms with Crippen LogP contribution in [0.5, 0.6) is 0 Å². The Morgan fingerprint density at radius 1 is 1.07 bits per heavy atom. The monoisotopic (exact) mass is 361 g/mol. The summed E-state index contributed by atoms with van der Waals surface area (Å²) in [4.78, 5) is 29.1. The van der Waals surface area contributed by atoms with Gasteiger partial charge in [0.25, 0.3) is 5.56 Å². The van der Waals surface area contributed by atoms with Gasteiger partial charge in [0.15, 0.2) is 0 Å². The zero-order valence-electron chi connectivity index (χ0n) is 14.7. The van der Waals surface area contributed by atoms with Crippen molar-refractivity contribution in [1.82, 2.24) is 14.9 Å². The van der Waals surface area contributed by atoms with E-state index < -0.39 is 0 Å². The van der Waals surface area contributed by atoms with Crippen LogP contribution in [-0.4, -0.2) is 22.0 Å². The molecular formula is C21H19N3O3. The zero-order valence-corrected chi connectivity index (χ0v) is 14.7. The molecule has 2 aromatic carbocycles. The molecule has 0 aliphatic carbocycles. The number of amides is 1. The second-order valence-corrected chi connectivity index (χ2v) is 6.39. The highest BCUT2D eigenvalue weighted by Crippen LogP contribution is 2.23. The Kier molecular flexibility index (Phi) is 4.70. The van der Waals surface area contributed by atoms with Gasteiger partial charge in [-0.2, -0.15) is 0 Å². The molecule has 0 fully saturated rings. The molecule has 136 valence electrons. The summed E-state index contributed by atoms with van der Waals surface area (Å²) in [6.45, 7) is 0.479. The molecule has 2 aromatic heterocycles. The Labute approximate surface area is 155 Å². The predicted octanol–water partition coefficient (Wildman–Crippen LogP) is 2.89. The number of hydrogen-bond donors (Lipinski definition) is 1. The maximum absolute atomic E-state index is 12.6. The fourth-order valence-electron chi connectivity index (χ4n) is 3.10. The second kappa shape index (κ2) is 7.45. The van der Waals surface area contributed by atoms with E-state index in [0.717, 1.165) is 18.2 Å². The SMILES string of the molecule is O=C(Cn1cnc2c(oc3ccccc32)c1=O)NCCCc1ccccc1. The van der Waals surface area contributed by atoms with Gasteiger partial charge in [0, 0.05) is 11.9 Å². The minimum absolute atomic E-state index is 0.0792. The molecule has 4 aromatic rings. The van der Waals surface area contributed by atoms with E-state index in [4.69, 9.17) is 4.42 Å². The molecular weight excluding hydrogens is 342 g/mol. The quantitative estimate of drug-likeness (QED) is 0.536. The van der Waals surface area contributed by atoms with Crippen LogP contribution in [0.4, 0.5) is 0 Å². The normalized spacial score (nSPS) is 11.1. The summed E-state index contributed by atoms with van der Waals surface area (Å²) in [5.41, 5.74) is 2.20. The van der Waals surface area contributed by atoms with E-state index in [1.807, 2.05) is 36.4 Å². The van der Waals surface area contributed by atoms with Crippen molar-refractivity contribution in [2.45, 2.75) is 19.4 Å².